The van der Waals surface area contributed by atoms with Crippen LogP contribution in [0.15, 0.2) is 30.4 Å². The van der Waals surface area contributed by atoms with E-state index in [-0.39, 0.29) is 0 Å². The predicted octanol–water partition coefficient (Wildman–Crippen LogP) is 2.91. The first-order valence-corrected chi connectivity index (χ1v) is 5.22. The van der Waals surface area contributed by atoms with Gasteiger partial charge in [-0.15, -0.1) is 0 Å². The predicted molar refractivity (Wildman–Crippen MR) is 56.7 cm³/mol. The maximum Gasteiger partial charge on any atom is 0.119 e. The minimum Gasteiger partial charge on any atom is -0.497 e. The maximum absolute atomic E-state index is 5.27. The van der Waals surface area contributed by atoms with Crippen LogP contribution >= 0.6 is 0 Å². The molecule has 3 rings (SSSR count). The third kappa shape index (κ3) is 1.02. The molecule has 14 heavy (non-hydrogen) atoms. The van der Waals surface area contributed by atoms with Gasteiger partial charge in [-0.25, -0.2) is 0 Å². The fraction of sp³-hybridized carbons (Fsp3) is 0.385. The lowest BCUT2D eigenvalue weighted by molar-refractivity contribution is 0.414. The van der Waals surface area contributed by atoms with Crippen LogP contribution in [0.25, 0.3) is 0 Å². The Balaban J connectivity index is 2.05. The number of benzene rings is 1. The van der Waals surface area contributed by atoms with Crippen molar-refractivity contribution in [2.45, 2.75) is 18.8 Å². The molecule has 0 unspecified atom stereocenters. The van der Waals surface area contributed by atoms with Gasteiger partial charge in [-0.1, -0.05) is 18.2 Å². The van der Waals surface area contributed by atoms with Gasteiger partial charge in [0.2, 0.25) is 0 Å². The number of hydrogen-bond donors (Lipinski definition) is 0. The largest absolute Gasteiger partial charge is 0.497 e. The Morgan fingerprint density at radius 1 is 1.36 bits per heavy atom. The van der Waals surface area contributed by atoms with Crippen molar-refractivity contribution in [1.82, 2.24) is 0 Å². The highest BCUT2D eigenvalue weighted by molar-refractivity contribution is 5.44. The van der Waals surface area contributed by atoms with E-state index in [1.54, 1.807) is 7.11 Å². The zero-order valence-electron chi connectivity index (χ0n) is 8.36. The Kier molecular flexibility index (Phi) is 1.66. The lowest BCUT2D eigenvalue weighted by Gasteiger charge is -2.10. The van der Waals surface area contributed by atoms with Crippen molar-refractivity contribution >= 4 is 0 Å². The molecule has 1 nitrogen and oxygen atoms in total. The van der Waals surface area contributed by atoms with Crippen LogP contribution in [0.5, 0.6) is 5.75 Å². The second-order valence-corrected chi connectivity index (χ2v) is 4.20. The van der Waals surface area contributed by atoms with Crippen molar-refractivity contribution in [2.75, 3.05) is 7.11 Å². The zero-order chi connectivity index (χ0) is 9.54. The molecule has 0 aromatic heterocycles. The summed E-state index contributed by atoms with van der Waals surface area (Å²) in [5.74, 6) is 2.49. The molecule has 0 N–H and O–H groups in total. The Morgan fingerprint density at radius 3 is 3.14 bits per heavy atom. The minimum atomic E-state index is 0.736. The number of hydrogen-bond acceptors (Lipinski definition) is 1. The van der Waals surface area contributed by atoms with Gasteiger partial charge < -0.3 is 4.74 Å². The van der Waals surface area contributed by atoms with Crippen LogP contribution in [0, 0.1) is 5.92 Å². The zero-order valence-corrected chi connectivity index (χ0v) is 8.36. The van der Waals surface area contributed by atoms with Crippen LogP contribution in [0.4, 0.5) is 0 Å². The van der Waals surface area contributed by atoms with Crippen LogP contribution in [-0.4, -0.2) is 7.11 Å². The normalized spacial score (nSPS) is 27.5. The lowest BCUT2D eigenvalue weighted by Crippen LogP contribution is -1.97. The molecule has 0 bridgehead atoms. The number of methoxy groups -OCH3 is 1. The molecule has 1 aromatic rings. The molecule has 1 heteroatoms. The third-order valence-electron chi connectivity index (χ3n) is 3.50. The van der Waals surface area contributed by atoms with Crippen LogP contribution in [-0.2, 0) is 6.42 Å². The highest BCUT2D eigenvalue weighted by Crippen LogP contribution is 2.45. The van der Waals surface area contributed by atoms with Gasteiger partial charge in [0.05, 0.1) is 7.11 Å². The van der Waals surface area contributed by atoms with E-state index in [0.717, 1.165) is 17.6 Å². The van der Waals surface area contributed by atoms with Gasteiger partial charge in [-0.05, 0) is 47.9 Å². The van der Waals surface area contributed by atoms with Crippen LogP contribution in [0.2, 0.25) is 0 Å². The summed E-state index contributed by atoms with van der Waals surface area (Å²) in [4.78, 5) is 0. The van der Waals surface area contributed by atoms with Crippen LogP contribution < -0.4 is 4.74 Å². The summed E-state index contributed by atoms with van der Waals surface area (Å²) in [6.07, 6.45) is 7.13. The molecule has 0 heterocycles. The van der Waals surface area contributed by atoms with E-state index in [1.807, 2.05) is 0 Å². The van der Waals surface area contributed by atoms with Crippen LogP contribution in [0.1, 0.15) is 23.5 Å². The summed E-state index contributed by atoms with van der Waals surface area (Å²) in [5.41, 5.74) is 3.03. The molecular weight excluding hydrogens is 172 g/mol. The molecule has 2 aliphatic carbocycles. The summed E-state index contributed by atoms with van der Waals surface area (Å²) in [5, 5.41) is 0. The van der Waals surface area contributed by atoms with Gasteiger partial charge in [0.15, 0.2) is 0 Å². The number of allylic oxidation sites excluding steroid dienone is 2. The standard InChI is InChI=1S/C13H14O/c1-14-11-6-5-10-7-9-3-2-4-12(9)13(10)8-11/h2-3,5-6,8-9,12H,4,7H2,1H3/t9-,12-/m0/s1. The fourth-order valence-electron chi connectivity index (χ4n) is 2.76. The molecular formula is C13H14O. The summed E-state index contributed by atoms with van der Waals surface area (Å²) < 4.78 is 5.27. The number of ether oxygens (including phenoxy) is 1. The number of rotatable bonds is 1. The molecule has 72 valence electrons. The Bertz CT molecular complexity index is 392. The Hall–Kier alpha value is -1.24. The highest BCUT2D eigenvalue weighted by Gasteiger charge is 2.32. The van der Waals surface area contributed by atoms with E-state index in [0.29, 0.717) is 0 Å². The van der Waals surface area contributed by atoms with Gasteiger partial charge >= 0.3 is 0 Å². The van der Waals surface area contributed by atoms with Gasteiger partial charge in [-0.3, -0.25) is 0 Å². The van der Waals surface area contributed by atoms with Gasteiger partial charge in [0.1, 0.15) is 5.75 Å². The van der Waals surface area contributed by atoms with E-state index >= 15 is 0 Å². The van der Waals surface area contributed by atoms with Crippen molar-refractivity contribution in [3.63, 3.8) is 0 Å². The van der Waals surface area contributed by atoms with Crippen molar-refractivity contribution in [3.8, 4) is 5.75 Å². The van der Waals surface area contributed by atoms with E-state index in [1.165, 1.54) is 24.0 Å². The summed E-state index contributed by atoms with van der Waals surface area (Å²) in [6.45, 7) is 0. The molecule has 0 amide bonds. The van der Waals surface area contributed by atoms with E-state index in [2.05, 4.69) is 30.4 Å². The maximum atomic E-state index is 5.27. The summed E-state index contributed by atoms with van der Waals surface area (Å²) in [6, 6.07) is 6.51. The first-order chi connectivity index (χ1) is 6.88. The van der Waals surface area contributed by atoms with Crippen molar-refractivity contribution in [1.29, 1.82) is 0 Å². The molecule has 0 radical (unpaired) electrons. The van der Waals surface area contributed by atoms with Gasteiger partial charge in [-0.2, -0.15) is 0 Å². The molecule has 0 spiro atoms. The second kappa shape index (κ2) is 2.88. The topological polar surface area (TPSA) is 9.23 Å². The lowest BCUT2D eigenvalue weighted by atomic mass is 9.95. The van der Waals surface area contributed by atoms with Crippen molar-refractivity contribution in [2.24, 2.45) is 5.92 Å². The van der Waals surface area contributed by atoms with Gasteiger partial charge in [0, 0.05) is 0 Å². The quantitative estimate of drug-likeness (QED) is 0.613. The van der Waals surface area contributed by atoms with Crippen LogP contribution in [0.3, 0.4) is 0 Å². The van der Waals surface area contributed by atoms with Crippen molar-refractivity contribution in [3.05, 3.63) is 41.5 Å². The molecule has 2 aliphatic rings. The Labute approximate surface area is 84.4 Å². The monoisotopic (exact) mass is 186 g/mol. The highest BCUT2D eigenvalue weighted by atomic mass is 16.5. The van der Waals surface area contributed by atoms with Gasteiger partial charge in [0.25, 0.3) is 0 Å². The summed E-state index contributed by atoms with van der Waals surface area (Å²) in [7, 11) is 1.74. The molecule has 2 atom stereocenters. The second-order valence-electron chi connectivity index (χ2n) is 4.20. The minimum absolute atomic E-state index is 0.736. The Morgan fingerprint density at radius 2 is 2.29 bits per heavy atom. The average molecular weight is 186 g/mol. The van der Waals surface area contributed by atoms with E-state index in [4.69, 9.17) is 4.74 Å². The first kappa shape index (κ1) is 8.10. The third-order valence-corrected chi connectivity index (χ3v) is 3.50. The van der Waals surface area contributed by atoms with E-state index in [9.17, 15) is 0 Å². The molecule has 0 fully saturated rings. The molecule has 1 aromatic carbocycles. The van der Waals surface area contributed by atoms with E-state index < -0.39 is 0 Å². The number of fused-ring (bicyclic) bond motifs is 3. The van der Waals surface area contributed by atoms with Crippen molar-refractivity contribution < 1.29 is 4.74 Å². The molecule has 0 saturated carbocycles. The fourth-order valence-corrected chi connectivity index (χ4v) is 2.76. The summed E-state index contributed by atoms with van der Waals surface area (Å²) >= 11 is 0. The molecule has 0 saturated heterocycles. The molecule has 0 aliphatic heterocycles. The smallest absolute Gasteiger partial charge is 0.119 e. The average Bonchev–Trinajstić information content (AvgIpc) is 2.76. The first-order valence-electron chi connectivity index (χ1n) is 5.22. The SMILES string of the molecule is COc1ccc2c(c1)[C@H]1CC=C[C@H]1C2.